The largest absolute Gasteiger partial charge is 0.454 e. The Bertz CT molecular complexity index is 777. The van der Waals surface area contributed by atoms with Gasteiger partial charge in [0, 0.05) is 18.0 Å². The van der Waals surface area contributed by atoms with Gasteiger partial charge in [-0.15, -0.1) is 0 Å². The number of fused-ring (bicyclic) bond motifs is 1. The second-order valence-electron chi connectivity index (χ2n) is 4.82. The molecule has 0 saturated heterocycles. The summed E-state index contributed by atoms with van der Waals surface area (Å²) in [6.45, 7) is 0.0173. The minimum Gasteiger partial charge on any atom is -0.454 e. The molecule has 1 aliphatic heterocycles. The van der Waals surface area contributed by atoms with E-state index in [1.807, 2.05) is 0 Å². The second kappa shape index (κ2) is 7.23. The number of aromatic nitrogens is 1. The van der Waals surface area contributed by atoms with Gasteiger partial charge in [-0.25, -0.2) is 5.43 Å². The Labute approximate surface area is 137 Å². The van der Waals surface area contributed by atoms with E-state index >= 15 is 0 Å². The zero-order chi connectivity index (χ0) is 16.8. The van der Waals surface area contributed by atoms with Gasteiger partial charge in [-0.2, -0.15) is 5.10 Å². The number of hydrogen-bond acceptors (Lipinski definition) is 6. The number of benzene rings is 1. The lowest BCUT2D eigenvalue weighted by Crippen LogP contribution is -2.34. The van der Waals surface area contributed by atoms with Crippen molar-refractivity contribution in [2.75, 3.05) is 13.3 Å². The van der Waals surface area contributed by atoms with Gasteiger partial charge < -0.3 is 14.8 Å². The Balaban J connectivity index is 1.46. The Kier molecular flexibility index (Phi) is 4.66. The first kappa shape index (κ1) is 15.5. The standard InChI is InChI=1S/C16H14N4O4/c21-15(9-18-16(22)12-3-5-17-6-4-12)20-19-8-11-1-2-13-14(7-11)24-10-23-13/h1-8H,9-10H2,(H,18,22)(H,20,21). The van der Waals surface area contributed by atoms with Gasteiger partial charge in [-0.3, -0.25) is 14.6 Å². The summed E-state index contributed by atoms with van der Waals surface area (Å²) in [4.78, 5) is 27.2. The van der Waals surface area contributed by atoms with Crippen molar-refractivity contribution < 1.29 is 19.1 Å². The zero-order valence-corrected chi connectivity index (χ0v) is 12.6. The first-order valence-corrected chi connectivity index (χ1v) is 7.12. The van der Waals surface area contributed by atoms with Crippen LogP contribution in [-0.4, -0.2) is 36.4 Å². The number of nitrogens with one attached hydrogen (secondary N) is 2. The van der Waals surface area contributed by atoms with E-state index in [1.54, 1.807) is 30.3 Å². The van der Waals surface area contributed by atoms with E-state index in [2.05, 4.69) is 20.8 Å². The van der Waals surface area contributed by atoms with Crippen molar-refractivity contribution in [1.29, 1.82) is 0 Å². The molecule has 24 heavy (non-hydrogen) atoms. The molecule has 1 aliphatic rings. The molecule has 8 heteroatoms. The van der Waals surface area contributed by atoms with Crippen molar-refractivity contribution in [3.8, 4) is 11.5 Å². The summed E-state index contributed by atoms with van der Waals surface area (Å²) in [5.74, 6) is 0.520. The number of ether oxygens (including phenoxy) is 2. The molecule has 2 aromatic rings. The molecule has 122 valence electrons. The van der Waals surface area contributed by atoms with E-state index in [-0.39, 0.29) is 19.2 Å². The highest BCUT2D eigenvalue weighted by Gasteiger charge is 2.12. The maximum Gasteiger partial charge on any atom is 0.259 e. The molecule has 0 aliphatic carbocycles. The van der Waals surface area contributed by atoms with E-state index in [4.69, 9.17) is 9.47 Å². The minimum absolute atomic E-state index is 0.181. The lowest BCUT2D eigenvalue weighted by Gasteiger charge is -2.03. The lowest BCUT2D eigenvalue weighted by molar-refractivity contribution is -0.120. The SMILES string of the molecule is O=C(CNC(=O)c1ccncc1)NN=Cc1ccc2c(c1)OCO2. The highest BCUT2D eigenvalue weighted by Crippen LogP contribution is 2.31. The summed E-state index contributed by atoms with van der Waals surface area (Å²) in [6.07, 6.45) is 4.49. The maximum absolute atomic E-state index is 11.8. The van der Waals surface area contributed by atoms with Crippen LogP contribution in [0.1, 0.15) is 15.9 Å². The molecule has 0 spiro atoms. The van der Waals surface area contributed by atoms with E-state index in [0.29, 0.717) is 17.1 Å². The van der Waals surface area contributed by atoms with Crippen LogP contribution in [0.25, 0.3) is 0 Å². The molecular weight excluding hydrogens is 312 g/mol. The van der Waals surface area contributed by atoms with Gasteiger partial charge >= 0.3 is 0 Å². The smallest absolute Gasteiger partial charge is 0.259 e. The average molecular weight is 326 g/mol. The van der Waals surface area contributed by atoms with Crippen LogP contribution in [0.2, 0.25) is 0 Å². The van der Waals surface area contributed by atoms with Gasteiger partial charge in [-0.1, -0.05) is 0 Å². The number of hydrazone groups is 1. The Morgan fingerprint density at radius 3 is 2.79 bits per heavy atom. The second-order valence-corrected chi connectivity index (χ2v) is 4.82. The molecule has 3 rings (SSSR count). The predicted octanol–water partition coefficient (Wildman–Crippen LogP) is 0.690. The summed E-state index contributed by atoms with van der Waals surface area (Å²) in [5.41, 5.74) is 3.52. The number of carbonyl (C=O) groups is 2. The highest BCUT2D eigenvalue weighted by atomic mass is 16.7. The van der Waals surface area contributed by atoms with Gasteiger partial charge in [0.1, 0.15) is 0 Å². The molecule has 0 unspecified atom stereocenters. The van der Waals surface area contributed by atoms with Gasteiger partial charge in [0.15, 0.2) is 11.5 Å². The molecule has 0 radical (unpaired) electrons. The molecule has 0 saturated carbocycles. The Morgan fingerprint density at radius 1 is 1.17 bits per heavy atom. The fraction of sp³-hybridized carbons (Fsp3) is 0.125. The van der Waals surface area contributed by atoms with Gasteiger partial charge in [0.2, 0.25) is 6.79 Å². The number of amides is 2. The van der Waals surface area contributed by atoms with Crippen molar-refractivity contribution in [2.24, 2.45) is 5.10 Å². The van der Waals surface area contributed by atoms with Crippen LogP contribution >= 0.6 is 0 Å². The number of pyridine rings is 1. The number of carbonyl (C=O) groups excluding carboxylic acids is 2. The first-order valence-electron chi connectivity index (χ1n) is 7.12. The molecule has 2 heterocycles. The van der Waals surface area contributed by atoms with Crippen molar-refractivity contribution in [2.45, 2.75) is 0 Å². The molecular formula is C16H14N4O4. The number of rotatable bonds is 5. The average Bonchev–Trinajstić information content (AvgIpc) is 3.08. The lowest BCUT2D eigenvalue weighted by atomic mass is 10.2. The molecule has 2 N–H and O–H groups in total. The van der Waals surface area contributed by atoms with E-state index < -0.39 is 5.91 Å². The maximum atomic E-state index is 11.8. The Hall–Kier alpha value is -3.42. The first-order chi connectivity index (χ1) is 11.7. The molecule has 2 amide bonds. The third-order valence-electron chi connectivity index (χ3n) is 3.15. The fourth-order valence-corrected chi connectivity index (χ4v) is 1.98. The normalized spacial score (nSPS) is 12.2. The van der Waals surface area contributed by atoms with Crippen molar-refractivity contribution in [3.05, 3.63) is 53.9 Å². The van der Waals surface area contributed by atoms with Gasteiger partial charge in [0.25, 0.3) is 11.8 Å². The third-order valence-corrected chi connectivity index (χ3v) is 3.15. The summed E-state index contributed by atoms with van der Waals surface area (Å²) in [7, 11) is 0. The fourth-order valence-electron chi connectivity index (χ4n) is 1.98. The summed E-state index contributed by atoms with van der Waals surface area (Å²) >= 11 is 0. The van der Waals surface area contributed by atoms with Crippen LogP contribution in [0.5, 0.6) is 11.5 Å². The summed E-state index contributed by atoms with van der Waals surface area (Å²) in [6, 6.07) is 8.42. The molecule has 8 nitrogen and oxygen atoms in total. The minimum atomic E-state index is -0.436. The van der Waals surface area contributed by atoms with Crippen LogP contribution in [0.15, 0.2) is 47.8 Å². The van der Waals surface area contributed by atoms with Crippen LogP contribution in [0.3, 0.4) is 0 Å². The molecule has 0 bridgehead atoms. The van der Waals surface area contributed by atoms with Crippen LogP contribution in [-0.2, 0) is 4.79 Å². The predicted molar refractivity (Wildman–Crippen MR) is 84.9 cm³/mol. The number of hydrogen-bond donors (Lipinski definition) is 2. The van der Waals surface area contributed by atoms with Crippen LogP contribution in [0, 0.1) is 0 Å². The third kappa shape index (κ3) is 3.86. The molecule has 0 atom stereocenters. The topological polar surface area (TPSA) is 102 Å². The Morgan fingerprint density at radius 2 is 1.96 bits per heavy atom. The molecule has 0 fully saturated rings. The molecule has 1 aromatic heterocycles. The van der Waals surface area contributed by atoms with Gasteiger partial charge in [0.05, 0.1) is 12.8 Å². The van der Waals surface area contributed by atoms with E-state index in [0.717, 1.165) is 5.56 Å². The monoisotopic (exact) mass is 326 g/mol. The van der Waals surface area contributed by atoms with Gasteiger partial charge in [-0.05, 0) is 35.9 Å². The summed E-state index contributed by atoms with van der Waals surface area (Å²) in [5, 5.41) is 6.33. The van der Waals surface area contributed by atoms with Crippen molar-refractivity contribution in [3.63, 3.8) is 0 Å². The van der Waals surface area contributed by atoms with Crippen molar-refractivity contribution in [1.82, 2.24) is 15.7 Å². The van der Waals surface area contributed by atoms with Crippen molar-refractivity contribution >= 4 is 18.0 Å². The van der Waals surface area contributed by atoms with Crippen LogP contribution in [0.4, 0.5) is 0 Å². The molecule has 1 aromatic carbocycles. The van der Waals surface area contributed by atoms with Crippen LogP contribution < -0.4 is 20.2 Å². The zero-order valence-electron chi connectivity index (χ0n) is 12.6. The summed E-state index contributed by atoms with van der Waals surface area (Å²) < 4.78 is 10.5. The van der Waals surface area contributed by atoms with E-state index in [9.17, 15) is 9.59 Å². The quantitative estimate of drug-likeness (QED) is 0.622. The number of nitrogens with zero attached hydrogens (tertiary/aromatic N) is 2. The highest BCUT2D eigenvalue weighted by molar-refractivity contribution is 5.96. The van der Waals surface area contributed by atoms with E-state index in [1.165, 1.54) is 18.6 Å².